The van der Waals surface area contributed by atoms with Gasteiger partial charge in [-0.2, -0.15) is 0 Å². The number of alkyl carbamates (subject to hydrolysis) is 1. The topological polar surface area (TPSA) is 93.5 Å². The summed E-state index contributed by atoms with van der Waals surface area (Å²) in [7, 11) is 0. The van der Waals surface area contributed by atoms with E-state index in [1.54, 1.807) is 0 Å². The van der Waals surface area contributed by atoms with Gasteiger partial charge in [-0.05, 0) is 47.4 Å². The second-order valence-electron chi connectivity index (χ2n) is 8.21. The highest BCUT2D eigenvalue weighted by atomic mass is 79.9. The van der Waals surface area contributed by atoms with Crippen molar-refractivity contribution < 1.29 is 14.3 Å². The molecule has 0 bridgehead atoms. The predicted molar refractivity (Wildman–Crippen MR) is 139 cm³/mol. The molecule has 4 N–H and O–H groups in total. The van der Waals surface area contributed by atoms with Crippen LogP contribution in [0, 0.1) is 0 Å². The first-order chi connectivity index (χ1) is 16.0. The summed E-state index contributed by atoms with van der Waals surface area (Å²) < 4.78 is 6.29. The molecule has 3 atom stereocenters. The van der Waals surface area contributed by atoms with Gasteiger partial charge in [-0.15, -0.1) is 12.4 Å². The zero-order valence-electron chi connectivity index (χ0n) is 18.4. The molecule has 1 fully saturated rings. The zero-order valence-corrected chi connectivity index (χ0v) is 20.8. The summed E-state index contributed by atoms with van der Waals surface area (Å²) in [6, 6.07) is 24.2. The molecule has 0 saturated heterocycles. The smallest absolute Gasteiger partial charge is 0.408 e. The molecule has 1 aliphatic carbocycles. The van der Waals surface area contributed by atoms with Gasteiger partial charge in [-0.25, -0.2) is 4.79 Å². The Morgan fingerprint density at radius 1 is 0.971 bits per heavy atom. The fraction of sp³-hybridized carbons (Fsp3) is 0.231. The highest BCUT2D eigenvalue weighted by Crippen LogP contribution is 2.39. The third kappa shape index (κ3) is 7.32. The van der Waals surface area contributed by atoms with Crippen LogP contribution >= 0.6 is 28.3 Å². The fourth-order valence-corrected chi connectivity index (χ4v) is 3.88. The number of hydrogen-bond donors (Lipinski definition) is 3. The molecule has 3 aromatic carbocycles. The summed E-state index contributed by atoms with van der Waals surface area (Å²) in [5.74, 6) is 0.0954. The molecule has 3 unspecified atom stereocenters. The number of halogens is 2. The Balaban J connectivity index is 0.00000324. The maximum atomic E-state index is 13.0. The van der Waals surface area contributed by atoms with Crippen molar-refractivity contribution in [2.45, 2.75) is 37.5 Å². The second kappa shape index (κ2) is 12.0. The number of benzene rings is 3. The number of ether oxygens (including phenoxy) is 1. The number of nitrogens with one attached hydrogen (secondary N) is 2. The van der Waals surface area contributed by atoms with Gasteiger partial charge in [0.25, 0.3) is 0 Å². The van der Waals surface area contributed by atoms with Crippen LogP contribution in [0.1, 0.15) is 29.0 Å². The number of amides is 2. The zero-order chi connectivity index (χ0) is 23.2. The van der Waals surface area contributed by atoms with E-state index < -0.39 is 12.1 Å². The molecular formula is C26H27BrClN3O3. The summed E-state index contributed by atoms with van der Waals surface area (Å²) in [5.41, 5.74) is 9.55. The quantitative estimate of drug-likeness (QED) is 0.365. The minimum absolute atomic E-state index is 0. The Hall–Kier alpha value is -2.87. The molecule has 1 saturated carbocycles. The van der Waals surface area contributed by atoms with E-state index in [9.17, 15) is 9.59 Å². The van der Waals surface area contributed by atoms with Crippen molar-refractivity contribution in [1.82, 2.24) is 5.32 Å². The molecule has 0 heterocycles. The van der Waals surface area contributed by atoms with Gasteiger partial charge < -0.3 is 21.1 Å². The lowest BCUT2D eigenvalue weighted by molar-refractivity contribution is -0.118. The lowest BCUT2D eigenvalue weighted by Crippen LogP contribution is -2.45. The molecule has 0 spiro atoms. The van der Waals surface area contributed by atoms with Crippen LogP contribution in [0.15, 0.2) is 83.3 Å². The van der Waals surface area contributed by atoms with Crippen LogP contribution in [0.5, 0.6) is 0 Å². The molecule has 0 radical (unpaired) electrons. The van der Waals surface area contributed by atoms with Crippen LogP contribution in [-0.2, 0) is 22.6 Å². The summed E-state index contributed by atoms with van der Waals surface area (Å²) >= 11 is 3.38. The molecule has 34 heavy (non-hydrogen) atoms. The molecule has 1 aliphatic rings. The van der Waals surface area contributed by atoms with E-state index in [4.69, 9.17) is 10.5 Å². The van der Waals surface area contributed by atoms with Gasteiger partial charge in [-0.3, -0.25) is 4.79 Å². The van der Waals surface area contributed by atoms with Crippen LogP contribution < -0.4 is 16.4 Å². The van der Waals surface area contributed by atoms with Crippen LogP contribution in [0.3, 0.4) is 0 Å². The molecular weight excluding hydrogens is 518 g/mol. The highest BCUT2D eigenvalue weighted by Gasteiger charge is 2.34. The average Bonchev–Trinajstić information content (AvgIpc) is 3.56. The number of carbonyl (C=O) groups is 2. The molecule has 8 heteroatoms. The normalized spacial score (nSPS) is 17.1. The van der Waals surface area contributed by atoms with Crippen LogP contribution in [0.2, 0.25) is 0 Å². The van der Waals surface area contributed by atoms with Gasteiger partial charge in [0.2, 0.25) is 5.91 Å². The van der Waals surface area contributed by atoms with Gasteiger partial charge in [0.1, 0.15) is 12.6 Å². The van der Waals surface area contributed by atoms with Gasteiger partial charge >= 0.3 is 6.09 Å². The Labute approximate surface area is 213 Å². The predicted octanol–water partition coefficient (Wildman–Crippen LogP) is 5.16. The number of hydrogen-bond acceptors (Lipinski definition) is 4. The van der Waals surface area contributed by atoms with Crippen LogP contribution in [-0.4, -0.2) is 24.1 Å². The summed E-state index contributed by atoms with van der Waals surface area (Å²) in [6.07, 6.45) is 0.693. The van der Waals surface area contributed by atoms with Crippen molar-refractivity contribution in [3.8, 4) is 0 Å². The van der Waals surface area contributed by atoms with Gasteiger partial charge in [0.15, 0.2) is 0 Å². The van der Waals surface area contributed by atoms with Crippen LogP contribution in [0.25, 0.3) is 0 Å². The van der Waals surface area contributed by atoms with E-state index in [0.29, 0.717) is 18.0 Å². The molecule has 2 amide bonds. The van der Waals surface area contributed by atoms with Gasteiger partial charge in [0, 0.05) is 28.5 Å². The maximum Gasteiger partial charge on any atom is 0.408 e. The third-order valence-electron chi connectivity index (χ3n) is 5.62. The minimum atomic E-state index is -0.790. The fourth-order valence-electron chi connectivity index (χ4n) is 3.61. The lowest BCUT2D eigenvalue weighted by Gasteiger charge is -2.19. The molecule has 6 nitrogen and oxygen atoms in total. The Morgan fingerprint density at radius 3 is 2.24 bits per heavy atom. The molecule has 0 aromatic heterocycles. The van der Waals surface area contributed by atoms with Crippen molar-refractivity contribution >= 4 is 46.0 Å². The van der Waals surface area contributed by atoms with Gasteiger partial charge in [0.05, 0.1) is 0 Å². The number of nitrogens with two attached hydrogens (primary N) is 1. The second-order valence-corrected chi connectivity index (χ2v) is 9.12. The third-order valence-corrected chi connectivity index (χ3v) is 6.15. The standard InChI is InChI=1S/C26H26BrN3O3.ClH/c27-20-10-6-18(7-11-20)16-33-26(32)30-24(14-17-4-2-1-3-5-17)25(31)29-21-12-8-19(9-13-21)22-15-23(22)28;/h1-13,22-24H,14-16,28H2,(H,29,31)(H,30,32);1H. The van der Waals surface area contributed by atoms with Crippen molar-refractivity contribution in [3.63, 3.8) is 0 Å². The van der Waals surface area contributed by atoms with E-state index in [-0.39, 0.29) is 31.0 Å². The van der Waals surface area contributed by atoms with E-state index in [2.05, 4.69) is 26.6 Å². The number of carbonyl (C=O) groups excluding carboxylic acids is 2. The minimum Gasteiger partial charge on any atom is -0.445 e. The van der Waals surface area contributed by atoms with Crippen molar-refractivity contribution in [3.05, 3.63) is 100 Å². The average molecular weight is 545 g/mol. The monoisotopic (exact) mass is 543 g/mol. The SMILES string of the molecule is Cl.NC1CC1c1ccc(NC(=O)C(Cc2ccccc2)NC(=O)OCc2ccc(Br)cc2)cc1. The van der Waals surface area contributed by atoms with E-state index in [1.165, 1.54) is 5.56 Å². The first kappa shape index (κ1) is 25.7. The largest absolute Gasteiger partial charge is 0.445 e. The van der Waals surface area contributed by atoms with Crippen molar-refractivity contribution in [2.75, 3.05) is 5.32 Å². The van der Waals surface area contributed by atoms with Gasteiger partial charge in [-0.1, -0.05) is 70.5 Å². The van der Waals surface area contributed by atoms with E-state index in [0.717, 1.165) is 22.0 Å². The Kier molecular flexibility index (Phi) is 9.10. The molecule has 3 aromatic rings. The van der Waals surface area contributed by atoms with E-state index >= 15 is 0 Å². The van der Waals surface area contributed by atoms with E-state index in [1.807, 2.05) is 78.9 Å². The first-order valence-electron chi connectivity index (χ1n) is 10.9. The Bertz CT molecular complexity index is 1090. The number of rotatable bonds is 8. The highest BCUT2D eigenvalue weighted by molar-refractivity contribution is 9.10. The summed E-state index contributed by atoms with van der Waals surface area (Å²) in [4.78, 5) is 25.5. The Morgan fingerprint density at radius 2 is 1.62 bits per heavy atom. The maximum absolute atomic E-state index is 13.0. The number of anilines is 1. The first-order valence-corrected chi connectivity index (χ1v) is 11.7. The molecule has 0 aliphatic heterocycles. The summed E-state index contributed by atoms with van der Waals surface area (Å²) in [6.45, 7) is 0.115. The summed E-state index contributed by atoms with van der Waals surface area (Å²) in [5, 5.41) is 5.61. The van der Waals surface area contributed by atoms with Crippen molar-refractivity contribution in [2.24, 2.45) is 5.73 Å². The van der Waals surface area contributed by atoms with Crippen molar-refractivity contribution in [1.29, 1.82) is 0 Å². The molecule has 178 valence electrons. The lowest BCUT2D eigenvalue weighted by atomic mass is 10.1. The van der Waals surface area contributed by atoms with Crippen LogP contribution in [0.4, 0.5) is 10.5 Å². The molecule has 4 rings (SSSR count).